The molecule has 1 heterocycles. The Morgan fingerprint density at radius 3 is 2.43 bits per heavy atom. The molecule has 2 rings (SSSR count). The van der Waals surface area contributed by atoms with E-state index in [1.807, 2.05) is 18.4 Å². The smallest absolute Gasteiger partial charge is 0.337 e. The quantitative estimate of drug-likeness (QED) is 0.864. The van der Waals surface area contributed by atoms with Crippen molar-refractivity contribution in [3.63, 3.8) is 0 Å². The number of hydrogen-bond donors (Lipinski definition) is 1. The van der Waals surface area contributed by atoms with Crippen molar-refractivity contribution in [3.05, 3.63) is 57.8 Å². The topological polar surface area (TPSA) is 55.4 Å². The number of esters is 1. The average Bonchev–Trinajstić information content (AvgIpc) is 2.99. The summed E-state index contributed by atoms with van der Waals surface area (Å²) >= 11 is 1.68. The highest BCUT2D eigenvalue weighted by Gasteiger charge is 2.12. The lowest BCUT2D eigenvalue weighted by atomic mass is 10.1. The van der Waals surface area contributed by atoms with E-state index in [-0.39, 0.29) is 11.9 Å². The van der Waals surface area contributed by atoms with Gasteiger partial charge in [0.25, 0.3) is 5.91 Å². The second-order valence-electron chi connectivity index (χ2n) is 4.73. The van der Waals surface area contributed by atoms with Crippen molar-refractivity contribution in [2.45, 2.75) is 19.4 Å². The summed E-state index contributed by atoms with van der Waals surface area (Å²) in [6, 6.07) is 10.5. The molecule has 2 aromatic rings. The standard InChI is InChI=1S/C16H17NO3S/c1-11(10-14-4-3-9-21-14)17-15(18)12-5-7-13(8-6-12)16(19)20-2/h3-9,11H,10H2,1-2H3,(H,17,18). The molecule has 4 nitrogen and oxygen atoms in total. The molecule has 110 valence electrons. The molecule has 21 heavy (non-hydrogen) atoms. The Labute approximate surface area is 127 Å². The number of amides is 1. The van der Waals surface area contributed by atoms with E-state index >= 15 is 0 Å². The first-order valence-corrected chi connectivity index (χ1v) is 7.49. The van der Waals surface area contributed by atoms with Gasteiger partial charge >= 0.3 is 5.97 Å². The fourth-order valence-corrected chi connectivity index (χ4v) is 2.80. The normalized spacial score (nSPS) is 11.7. The second-order valence-corrected chi connectivity index (χ2v) is 5.76. The van der Waals surface area contributed by atoms with Crippen molar-refractivity contribution >= 4 is 23.2 Å². The summed E-state index contributed by atoms with van der Waals surface area (Å²) < 4.78 is 4.62. The number of methoxy groups -OCH3 is 1. The molecule has 0 aliphatic heterocycles. The largest absolute Gasteiger partial charge is 0.465 e. The molecular formula is C16H17NO3S. The van der Waals surface area contributed by atoms with Crippen LogP contribution in [-0.2, 0) is 11.2 Å². The number of rotatable bonds is 5. The van der Waals surface area contributed by atoms with E-state index in [0.717, 1.165) is 6.42 Å². The van der Waals surface area contributed by atoms with Crippen LogP contribution < -0.4 is 5.32 Å². The summed E-state index contributed by atoms with van der Waals surface area (Å²) in [7, 11) is 1.33. The first-order chi connectivity index (χ1) is 10.1. The summed E-state index contributed by atoms with van der Waals surface area (Å²) in [5, 5.41) is 4.97. The minimum absolute atomic E-state index is 0.0523. The van der Waals surface area contributed by atoms with E-state index in [2.05, 4.69) is 16.1 Å². The van der Waals surface area contributed by atoms with Gasteiger partial charge in [-0.15, -0.1) is 11.3 Å². The van der Waals surface area contributed by atoms with E-state index in [1.54, 1.807) is 35.6 Å². The van der Waals surface area contributed by atoms with Gasteiger partial charge in [-0.1, -0.05) is 6.07 Å². The predicted molar refractivity (Wildman–Crippen MR) is 82.7 cm³/mol. The predicted octanol–water partition coefficient (Wildman–Crippen LogP) is 2.90. The third-order valence-electron chi connectivity index (χ3n) is 3.03. The van der Waals surface area contributed by atoms with Gasteiger partial charge in [0, 0.05) is 22.9 Å². The number of ether oxygens (including phenoxy) is 1. The van der Waals surface area contributed by atoms with Gasteiger partial charge in [0.15, 0.2) is 0 Å². The average molecular weight is 303 g/mol. The molecule has 0 spiro atoms. The van der Waals surface area contributed by atoms with Gasteiger partial charge in [-0.2, -0.15) is 0 Å². The summed E-state index contributed by atoms with van der Waals surface area (Å²) in [5.74, 6) is -0.552. The van der Waals surface area contributed by atoms with Crippen molar-refractivity contribution in [3.8, 4) is 0 Å². The fourth-order valence-electron chi connectivity index (χ4n) is 1.96. The fraction of sp³-hybridized carbons (Fsp3) is 0.250. The third kappa shape index (κ3) is 4.16. The van der Waals surface area contributed by atoms with Crippen LogP contribution in [0, 0.1) is 0 Å². The number of nitrogens with one attached hydrogen (secondary N) is 1. The van der Waals surface area contributed by atoms with E-state index in [4.69, 9.17) is 0 Å². The monoisotopic (exact) mass is 303 g/mol. The molecular weight excluding hydrogens is 286 g/mol. The van der Waals surface area contributed by atoms with Crippen LogP contribution in [0.3, 0.4) is 0 Å². The lowest BCUT2D eigenvalue weighted by Crippen LogP contribution is -2.33. The number of carbonyl (C=O) groups excluding carboxylic acids is 2. The molecule has 1 aromatic carbocycles. The summed E-state index contributed by atoms with van der Waals surface area (Å²) in [6.07, 6.45) is 0.809. The van der Waals surface area contributed by atoms with Crippen LogP contribution in [0.2, 0.25) is 0 Å². The molecule has 0 fully saturated rings. The molecule has 0 aliphatic carbocycles. The van der Waals surface area contributed by atoms with E-state index in [9.17, 15) is 9.59 Å². The highest BCUT2D eigenvalue weighted by molar-refractivity contribution is 7.09. The number of benzene rings is 1. The Kier molecular flexibility index (Phi) is 5.11. The Morgan fingerprint density at radius 2 is 1.86 bits per heavy atom. The van der Waals surface area contributed by atoms with E-state index in [1.165, 1.54) is 12.0 Å². The Balaban J connectivity index is 1.95. The Bertz CT molecular complexity index is 605. The van der Waals surface area contributed by atoms with Crippen molar-refractivity contribution < 1.29 is 14.3 Å². The zero-order valence-electron chi connectivity index (χ0n) is 12.0. The molecule has 1 aromatic heterocycles. The highest BCUT2D eigenvalue weighted by Crippen LogP contribution is 2.12. The van der Waals surface area contributed by atoms with Crippen LogP contribution in [0.15, 0.2) is 41.8 Å². The lowest BCUT2D eigenvalue weighted by Gasteiger charge is -2.13. The van der Waals surface area contributed by atoms with Crippen LogP contribution in [0.5, 0.6) is 0 Å². The van der Waals surface area contributed by atoms with E-state index in [0.29, 0.717) is 11.1 Å². The van der Waals surface area contributed by atoms with Crippen LogP contribution >= 0.6 is 11.3 Å². The maximum Gasteiger partial charge on any atom is 0.337 e. The molecule has 0 saturated heterocycles. The molecule has 1 amide bonds. The van der Waals surface area contributed by atoms with Gasteiger partial charge in [-0.05, 0) is 42.6 Å². The molecule has 1 N–H and O–H groups in total. The van der Waals surface area contributed by atoms with Crippen LogP contribution in [0.1, 0.15) is 32.5 Å². The Hall–Kier alpha value is -2.14. The number of carbonyl (C=O) groups is 2. The zero-order valence-corrected chi connectivity index (χ0v) is 12.8. The second kappa shape index (κ2) is 7.04. The minimum Gasteiger partial charge on any atom is -0.465 e. The molecule has 0 aliphatic rings. The van der Waals surface area contributed by atoms with Crippen molar-refractivity contribution in [1.29, 1.82) is 0 Å². The SMILES string of the molecule is COC(=O)c1ccc(C(=O)NC(C)Cc2cccs2)cc1. The van der Waals surface area contributed by atoms with Gasteiger partial charge in [0.2, 0.25) is 0 Å². The van der Waals surface area contributed by atoms with Crippen molar-refractivity contribution in [2.24, 2.45) is 0 Å². The van der Waals surface area contributed by atoms with Gasteiger partial charge in [-0.3, -0.25) is 4.79 Å². The molecule has 0 radical (unpaired) electrons. The van der Waals surface area contributed by atoms with Gasteiger partial charge < -0.3 is 10.1 Å². The zero-order chi connectivity index (χ0) is 15.2. The molecule has 0 saturated carbocycles. The summed E-state index contributed by atoms with van der Waals surface area (Å²) in [4.78, 5) is 24.7. The summed E-state index contributed by atoms with van der Waals surface area (Å²) in [5.41, 5.74) is 0.960. The highest BCUT2D eigenvalue weighted by atomic mass is 32.1. The minimum atomic E-state index is -0.409. The lowest BCUT2D eigenvalue weighted by molar-refractivity contribution is 0.0600. The third-order valence-corrected chi connectivity index (χ3v) is 3.93. The van der Waals surface area contributed by atoms with Gasteiger partial charge in [-0.25, -0.2) is 4.79 Å². The summed E-state index contributed by atoms with van der Waals surface area (Å²) in [6.45, 7) is 1.97. The molecule has 1 unspecified atom stereocenters. The molecule has 5 heteroatoms. The van der Waals surface area contributed by atoms with Gasteiger partial charge in [0.05, 0.1) is 12.7 Å². The van der Waals surface area contributed by atoms with Crippen molar-refractivity contribution in [1.82, 2.24) is 5.32 Å². The van der Waals surface area contributed by atoms with E-state index < -0.39 is 5.97 Å². The van der Waals surface area contributed by atoms with Gasteiger partial charge in [0.1, 0.15) is 0 Å². The molecule has 0 bridgehead atoms. The first-order valence-electron chi connectivity index (χ1n) is 6.61. The van der Waals surface area contributed by atoms with Crippen LogP contribution in [0.4, 0.5) is 0 Å². The van der Waals surface area contributed by atoms with Crippen LogP contribution in [0.25, 0.3) is 0 Å². The Morgan fingerprint density at radius 1 is 1.19 bits per heavy atom. The number of thiophene rings is 1. The first kappa shape index (κ1) is 15.3. The maximum atomic E-state index is 12.1. The molecule has 1 atom stereocenters. The number of hydrogen-bond acceptors (Lipinski definition) is 4. The maximum absolute atomic E-state index is 12.1. The van der Waals surface area contributed by atoms with Crippen LogP contribution in [-0.4, -0.2) is 25.0 Å². The van der Waals surface area contributed by atoms with Crippen molar-refractivity contribution in [2.75, 3.05) is 7.11 Å².